The van der Waals surface area contributed by atoms with Crippen molar-refractivity contribution in [3.05, 3.63) is 23.5 Å². The zero-order valence-corrected chi connectivity index (χ0v) is 8.65. The lowest BCUT2D eigenvalue weighted by molar-refractivity contribution is -0.138. The maximum absolute atomic E-state index is 10.7. The van der Waals surface area contributed by atoms with E-state index in [0.29, 0.717) is 6.42 Å². The zero-order valence-electron chi connectivity index (χ0n) is 8.65. The molecule has 2 heterocycles. The van der Waals surface area contributed by atoms with E-state index in [1.165, 1.54) is 18.5 Å². The van der Waals surface area contributed by atoms with Gasteiger partial charge in [0.15, 0.2) is 0 Å². The van der Waals surface area contributed by atoms with Gasteiger partial charge < -0.3 is 15.4 Å². The number of carbonyl (C=O) groups is 1. The Morgan fingerprint density at radius 2 is 2.33 bits per heavy atom. The molecule has 1 aliphatic heterocycles. The van der Waals surface area contributed by atoms with Gasteiger partial charge in [0, 0.05) is 24.4 Å². The quantitative estimate of drug-likeness (QED) is 0.771. The molecule has 3 N–H and O–H groups in total. The van der Waals surface area contributed by atoms with Crippen LogP contribution in [0, 0.1) is 0 Å². The van der Waals surface area contributed by atoms with Crippen molar-refractivity contribution in [1.82, 2.24) is 4.57 Å². The number of fused-ring (bicyclic) bond motifs is 1. The Labute approximate surface area is 88.7 Å². The highest BCUT2D eigenvalue weighted by Gasteiger charge is 2.17. The van der Waals surface area contributed by atoms with Crippen LogP contribution in [0.4, 0.5) is 0 Å². The normalized spacial score (nSPS) is 17.1. The lowest BCUT2D eigenvalue weighted by atomic mass is 10.1. The predicted molar refractivity (Wildman–Crippen MR) is 56.7 cm³/mol. The van der Waals surface area contributed by atoms with Gasteiger partial charge in [-0.15, -0.1) is 0 Å². The van der Waals surface area contributed by atoms with Crippen molar-refractivity contribution in [2.45, 2.75) is 38.3 Å². The van der Waals surface area contributed by atoms with Crippen LogP contribution in [0.1, 0.15) is 24.2 Å². The third kappa shape index (κ3) is 2.04. The number of nitrogens with zero attached hydrogens (tertiary/aromatic N) is 1. The van der Waals surface area contributed by atoms with Crippen LogP contribution >= 0.6 is 0 Å². The minimum atomic E-state index is -0.929. The second-order valence-corrected chi connectivity index (χ2v) is 4.07. The van der Waals surface area contributed by atoms with Crippen LogP contribution < -0.4 is 5.73 Å². The van der Waals surface area contributed by atoms with Crippen LogP contribution in [0.25, 0.3) is 0 Å². The Bertz CT molecular complexity index is 371. The smallest absolute Gasteiger partial charge is 0.320 e. The van der Waals surface area contributed by atoms with Crippen LogP contribution in [0.2, 0.25) is 0 Å². The monoisotopic (exact) mass is 208 g/mol. The molecule has 15 heavy (non-hydrogen) atoms. The highest BCUT2D eigenvalue weighted by molar-refractivity contribution is 5.73. The summed E-state index contributed by atoms with van der Waals surface area (Å²) in [5.74, 6) is -0.929. The van der Waals surface area contributed by atoms with Gasteiger partial charge in [-0.3, -0.25) is 4.79 Å². The van der Waals surface area contributed by atoms with E-state index in [1.807, 2.05) is 6.07 Å². The number of carboxylic acid groups (broad SMARTS) is 1. The Hall–Kier alpha value is -1.29. The molecule has 1 atom stereocenters. The molecular formula is C11H16N2O2. The van der Waals surface area contributed by atoms with Gasteiger partial charge in [0.05, 0.1) is 0 Å². The van der Waals surface area contributed by atoms with Gasteiger partial charge in [-0.25, -0.2) is 0 Å². The summed E-state index contributed by atoms with van der Waals surface area (Å²) in [4.78, 5) is 10.7. The summed E-state index contributed by atoms with van der Waals surface area (Å²) in [6, 6.07) is 3.30. The molecule has 0 radical (unpaired) electrons. The van der Waals surface area contributed by atoms with Crippen molar-refractivity contribution in [2.24, 2.45) is 5.73 Å². The Morgan fingerprint density at radius 1 is 1.53 bits per heavy atom. The van der Waals surface area contributed by atoms with Crippen molar-refractivity contribution in [3.8, 4) is 0 Å². The molecule has 0 fully saturated rings. The molecule has 0 bridgehead atoms. The summed E-state index contributed by atoms with van der Waals surface area (Å²) in [5, 5.41) is 8.75. The lowest BCUT2D eigenvalue weighted by Gasteiger charge is -2.18. The van der Waals surface area contributed by atoms with E-state index < -0.39 is 12.0 Å². The Balaban J connectivity index is 2.15. The summed E-state index contributed by atoms with van der Waals surface area (Å²) in [6.45, 7) is 1.00. The van der Waals surface area contributed by atoms with Crippen molar-refractivity contribution in [2.75, 3.05) is 0 Å². The molecule has 0 saturated carbocycles. The zero-order chi connectivity index (χ0) is 10.8. The highest BCUT2D eigenvalue weighted by Crippen LogP contribution is 2.19. The maximum Gasteiger partial charge on any atom is 0.320 e. The SMILES string of the molecule is NC(Cc1ccc2n1CCCC2)C(=O)O. The first-order valence-corrected chi connectivity index (χ1v) is 5.34. The van der Waals surface area contributed by atoms with E-state index in [-0.39, 0.29) is 0 Å². The first-order valence-electron chi connectivity index (χ1n) is 5.34. The van der Waals surface area contributed by atoms with Crippen molar-refractivity contribution >= 4 is 5.97 Å². The van der Waals surface area contributed by atoms with E-state index in [1.54, 1.807) is 0 Å². The van der Waals surface area contributed by atoms with Crippen molar-refractivity contribution < 1.29 is 9.90 Å². The number of aliphatic carboxylic acids is 1. The average Bonchev–Trinajstić information content (AvgIpc) is 2.62. The molecule has 1 aromatic heterocycles. The van der Waals surface area contributed by atoms with E-state index in [0.717, 1.165) is 18.7 Å². The topological polar surface area (TPSA) is 68.2 Å². The largest absolute Gasteiger partial charge is 0.480 e. The van der Waals surface area contributed by atoms with Crippen LogP contribution in [0.5, 0.6) is 0 Å². The number of hydrogen-bond acceptors (Lipinski definition) is 2. The van der Waals surface area contributed by atoms with E-state index in [9.17, 15) is 4.79 Å². The molecule has 1 aromatic rings. The van der Waals surface area contributed by atoms with Gasteiger partial charge in [-0.1, -0.05) is 0 Å². The van der Waals surface area contributed by atoms with Gasteiger partial charge in [0.25, 0.3) is 0 Å². The number of rotatable bonds is 3. The molecule has 4 heteroatoms. The highest BCUT2D eigenvalue weighted by atomic mass is 16.4. The molecule has 0 saturated heterocycles. The minimum absolute atomic E-state index is 0.426. The number of aromatic nitrogens is 1. The average molecular weight is 208 g/mol. The van der Waals surface area contributed by atoms with Crippen LogP contribution in [-0.4, -0.2) is 21.7 Å². The first-order chi connectivity index (χ1) is 7.18. The molecule has 82 valence electrons. The first kappa shape index (κ1) is 10.2. The van der Waals surface area contributed by atoms with Crippen LogP contribution in [0.15, 0.2) is 12.1 Å². The fourth-order valence-electron chi connectivity index (χ4n) is 2.13. The molecular weight excluding hydrogens is 192 g/mol. The minimum Gasteiger partial charge on any atom is -0.480 e. The van der Waals surface area contributed by atoms with Crippen LogP contribution in [-0.2, 0) is 24.2 Å². The number of hydrogen-bond donors (Lipinski definition) is 2. The van der Waals surface area contributed by atoms with E-state index in [2.05, 4.69) is 10.6 Å². The summed E-state index contributed by atoms with van der Waals surface area (Å²) < 4.78 is 2.21. The molecule has 1 aliphatic rings. The third-order valence-corrected chi connectivity index (χ3v) is 2.97. The number of carboxylic acids is 1. The number of aryl methyl sites for hydroxylation is 1. The molecule has 4 nitrogen and oxygen atoms in total. The second-order valence-electron chi connectivity index (χ2n) is 4.07. The van der Waals surface area contributed by atoms with E-state index >= 15 is 0 Å². The molecule has 1 unspecified atom stereocenters. The van der Waals surface area contributed by atoms with Gasteiger partial charge in [0.2, 0.25) is 0 Å². The van der Waals surface area contributed by atoms with Crippen molar-refractivity contribution in [3.63, 3.8) is 0 Å². The third-order valence-electron chi connectivity index (χ3n) is 2.97. The molecule has 0 aliphatic carbocycles. The van der Waals surface area contributed by atoms with E-state index in [4.69, 9.17) is 10.8 Å². The maximum atomic E-state index is 10.7. The fourth-order valence-corrected chi connectivity index (χ4v) is 2.13. The Morgan fingerprint density at radius 3 is 3.07 bits per heavy atom. The molecule has 0 spiro atoms. The molecule has 0 amide bonds. The lowest BCUT2D eigenvalue weighted by Crippen LogP contribution is -2.33. The summed E-state index contributed by atoms with van der Waals surface area (Å²) in [5.41, 5.74) is 7.90. The summed E-state index contributed by atoms with van der Waals surface area (Å²) in [6.07, 6.45) is 3.93. The number of nitrogens with two attached hydrogens (primary N) is 1. The van der Waals surface area contributed by atoms with Crippen LogP contribution in [0.3, 0.4) is 0 Å². The second kappa shape index (κ2) is 4.06. The summed E-state index contributed by atoms with van der Waals surface area (Å²) >= 11 is 0. The summed E-state index contributed by atoms with van der Waals surface area (Å²) in [7, 11) is 0. The standard InChI is InChI=1S/C11H16N2O2/c12-10(11(14)15)7-9-5-4-8-3-1-2-6-13(8)9/h4-5,10H,1-3,6-7,12H2,(H,14,15). The van der Waals surface area contributed by atoms with Gasteiger partial charge in [0.1, 0.15) is 6.04 Å². The van der Waals surface area contributed by atoms with Gasteiger partial charge >= 0.3 is 5.97 Å². The molecule has 2 rings (SSSR count). The predicted octanol–water partition coefficient (Wildman–Crippen LogP) is 0.779. The molecule has 0 aromatic carbocycles. The fraction of sp³-hybridized carbons (Fsp3) is 0.545. The van der Waals surface area contributed by atoms with Crippen molar-refractivity contribution in [1.29, 1.82) is 0 Å². The van der Waals surface area contributed by atoms with Gasteiger partial charge in [-0.2, -0.15) is 0 Å². The Kier molecular flexibility index (Phi) is 2.77. The van der Waals surface area contributed by atoms with Gasteiger partial charge in [-0.05, 0) is 31.4 Å².